The number of β-amino-alcohol motifs (C(OH)–C–C–N with tert-alkyl or cyclic N) is 1. The number of ether oxygens (including phenoxy) is 2. The lowest BCUT2D eigenvalue weighted by atomic mass is 10.1. The maximum Gasteiger partial charge on any atom is 0.263 e. The highest BCUT2D eigenvalue weighted by Gasteiger charge is 2.30. The smallest absolute Gasteiger partial charge is 0.263 e. The van der Waals surface area contributed by atoms with Gasteiger partial charge >= 0.3 is 0 Å². The van der Waals surface area contributed by atoms with Gasteiger partial charge in [-0.15, -0.1) is 0 Å². The van der Waals surface area contributed by atoms with Gasteiger partial charge in [-0.05, 0) is 36.2 Å². The Labute approximate surface area is 197 Å². The molecule has 1 amide bonds. The molecule has 10 nitrogen and oxygen atoms in total. The zero-order valence-electron chi connectivity index (χ0n) is 19.0. The van der Waals surface area contributed by atoms with Crippen molar-refractivity contribution in [3.8, 4) is 11.6 Å². The molecule has 0 aliphatic carbocycles. The van der Waals surface area contributed by atoms with E-state index in [0.717, 1.165) is 41.8 Å². The van der Waals surface area contributed by atoms with Crippen molar-refractivity contribution < 1.29 is 19.4 Å². The summed E-state index contributed by atoms with van der Waals surface area (Å²) >= 11 is 0. The summed E-state index contributed by atoms with van der Waals surface area (Å²) in [5, 5.41) is 16.7. The average molecular weight is 465 g/mol. The maximum absolute atomic E-state index is 11.5. The Morgan fingerprint density at radius 2 is 2.15 bits per heavy atom. The molecule has 2 aliphatic rings. The molecular formula is C24H28N6O4. The molecule has 0 radical (unpaired) electrons. The molecule has 0 aromatic carbocycles. The molecule has 34 heavy (non-hydrogen) atoms. The monoisotopic (exact) mass is 464 g/mol. The third-order valence-corrected chi connectivity index (χ3v) is 6.28. The van der Waals surface area contributed by atoms with Gasteiger partial charge in [-0.2, -0.15) is 0 Å². The molecule has 0 spiro atoms. The minimum absolute atomic E-state index is 0.0183. The van der Waals surface area contributed by atoms with E-state index in [1.54, 1.807) is 7.11 Å². The predicted molar refractivity (Wildman–Crippen MR) is 126 cm³/mol. The third kappa shape index (κ3) is 4.93. The number of aliphatic hydroxyl groups is 1. The van der Waals surface area contributed by atoms with E-state index in [1.165, 1.54) is 0 Å². The first-order chi connectivity index (χ1) is 16.6. The van der Waals surface area contributed by atoms with Crippen molar-refractivity contribution in [2.45, 2.75) is 19.1 Å². The van der Waals surface area contributed by atoms with Gasteiger partial charge in [-0.3, -0.25) is 9.78 Å². The molecule has 1 saturated heterocycles. The molecule has 5 rings (SSSR count). The Kier molecular flexibility index (Phi) is 6.52. The van der Waals surface area contributed by atoms with Crippen LogP contribution in [-0.2, 0) is 17.8 Å². The summed E-state index contributed by atoms with van der Waals surface area (Å²) in [5.41, 5.74) is 3.64. The number of pyridine rings is 3. The maximum atomic E-state index is 11.5. The van der Waals surface area contributed by atoms with Gasteiger partial charge in [0.05, 0.1) is 29.9 Å². The van der Waals surface area contributed by atoms with E-state index in [0.29, 0.717) is 37.1 Å². The number of aliphatic hydroxyl groups excluding tert-OH is 1. The van der Waals surface area contributed by atoms with Gasteiger partial charge in [0.15, 0.2) is 18.2 Å². The number of nitrogens with zero attached hydrogens (tertiary/aromatic N) is 4. The molecule has 0 saturated carbocycles. The number of rotatable bonds is 8. The van der Waals surface area contributed by atoms with Crippen molar-refractivity contribution in [2.75, 3.05) is 45.2 Å². The lowest BCUT2D eigenvalue weighted by Crippen LogP contribution is -2.31. The largest absolute Gasteiger partial charge is 0.481 e. The summed E-state index contributed by atoms with van der Waals surface area (Å²) in [6, 6.07) is 9.43. The highest BCUT2D eigenvalue weighted by atomic mass is 16.5. The van der Waals surface area contributed by atoms with Crippen LogP contribution in [0.15, 0.2) is 36.5 Å². The second kappa shape index (κ2) is 9.88. The van der Waals surface area contributed by atoms with Crippen molar-refractivity contribution in [1.82, 2.24) is 25.2 Å². The first-order valence-electron chi connectivity index (χ1n) is 11.4. The fourth-order valence-electron chi connectivity index (χ4n) is 4.47. The summed E-state index contributed by atoms with van der Waals surface area (Å²) < 4.78 is 10.6. The van der Waals surface area contributed by atoms with Crippen LogP contribution in [0.25, 0.3) is 11.0 Å². The number of hydrogen-bond donors (Lipinski definition) is 3. The van der Waals surface area contributed by atoms with E-state index < -0.39 is 0 Å². The SMILES string of the molecule is COc1ccc2nccc(CCN3C[C@@H](CNCc4ccc5c(n4)NC(=O)CO5)[C@@H](O)C3)c2n1. The fraction of sp³-hybridized carbons (Fsp3) is 0.417. The third-order valence-electron chi connectivity index (χ3n) is 6.28. The number of carbonyl (C=O) groups excluding carboxylic acids is 1. The molecule has 10 heteroatoms. The van der Waals surface area contributed by atoms with Crippen LogP contribution in [-0.4, -0.2) is 76.9 Å². The lowest BCUT2D eigenvalue weighted by Gasteiger charge is -2.18. The number of fused-ring (bicyclic) bond motifs is 2. The van der Waals surface area contributed by atoms with E-state index in [-0.39, 0.29) is 24.5 Å². The fourth-order valence-corrected chi connectivity index (χ4v) is 4.47. The first-order valence-corrected chi connectivity index (χ1v) is 11.4. The Morgan fingerprint density at radius 3 is 3.03 bits per heavy atom. The molecule has 0 bridgehead atoms. The Hall–Kier alpha value is -3.34. The molecule has 3 aromatic rings. The number of nitrogens with one attached hydrogen (secondary N) is 2. The summed E-state index contributed by atoms with van der Waals surface area (Å²) in [6.45, 7) is 3.53. The summed E-state index contributed by atoms with van der Waals surface area (Å²) in [6.07, 6.45) is 2.24. The van der Waals surface area contributed by atoms with Gasteiger partial charge < -0.3 is 30.1 Å². The minimum atomic E-state index is -0.385. The summed E-state index contributed by atoms with van der Waals surface area (Å²) in [5.74, 6) is 1.55. The van der Waals surface area contributed by atoms with Crippen LogP contribution < -0.4 is 20.1 Å². The molecule has 0 unspecified atom stereocenters. The van der Waals surface area contributed by atoms with Gasteiger partial charge in [0.1, 0.15) is 0 Å². The van der Waals surface area contributed by atoms with E-state index in [1.807, 2.05) is 36.5 Å². The summed E-state index contributed by atoms with van der Waals surface area (Å²) in [7, 11) is 1.61. The molecule has 178 valence electrons. The van der Waals surface area contributed by atoms with E-state index >= 15 is 0 Å². The first kappa shape index (κ1) is 22.5. The van der Waals surface area contributed by atoms with Crippen molar-refractivity contribution in [3.63, 3.8) is 0 Å². The van der Waals surface area contributed by atoms with Crippen LogP contribution in [0.4, 0.5) is 5.82 Å². The number of amides is 1. The van der Waals surface area contributed by atoms with E-state index in [4.69, 9.17) is 9.47 Å². The number of hydrogen-bond acceptors (Lipinski definition) is 9. The molecule has 2 aliphatic heterocycles. The Bertz CT molecular complexity index is 1190. The number of methoxy groups -OCH3 is 1. The van der Waals surface area contributed by atoms with Gasteiger partial charge in [0.25, 0.3) is 5.91 Å². The van der Waals surface area contributed by atoms with Crippen LogP contribution in [0.1, 0.15) is 11.3 Å². The van der Waals surface area contributed by atoms with Crippen molar-refractivity contribution in [1.29, 1.82) is 0 Å². The number of aromatic nitrogens is 3. The van der Waals surface area contributed by atoms with Crippen molar-refractivity contribution in [2.24, 2.45) is 5.92 Å². The van der Waals surface area contributed by atoms with Crippen LogP contribution >= 0.6 is 0 Å². The quantitative estimate of drug-likeness (QED) is 0.448. The van der Waals surface area contributed by atoms with Crippen LogP contribution in [0, 0.1) is 5.92 Å². The highest BCUT2D eigenvalue weighted by Crippen LogP contribution is 2.25. The van der Waals surface area contributed by atoms with E-state index in [9.17, 15) is 9.90 Å². The van der Waals surface area contributed by atoms with Crippen molar-refractivity contribution >= 4 is 22.8 Å². The molecule has 3 aromatic heterocycles. The normalized spacial score (nSPS) is 20.1. The summed E-state index contributed by atoms with van der Waals surface area (Å²) in [4.78, 5) is 27.2. The Morgan fingerprint density at radius 1 is 1.24 bits per heavy atom. The molecule has 1 fully saturated rings. The van der Waals surface area contributed by atoms with Crippen LogP contribution in [0.3, 0.4) is 0 Å². The van der Waals surface area contributed by atoms with Crippen LogP contribution in [0.2, 0.25) is 0 Å². The second-order valence-electron chi connectivity index (χ2n) is 8.65. The average Bonchev–Trinajstić information content (AvgIpc) is 3.21. The van der Waals surface area contributed by atoms with Crippen LogP contribution in [0.5, 0.6) is 11.6 Å². The molecule has 2 atom stereocenters. The minimum Gasteiger partial charge on any atom is -0.481 e. The molecule has 5 heterocycles. The number of anilines is 1. The van der Waals surface area contributed by atoms with E-state index in [2.05, 4.69) is 30.5 Å². The van der Waals surface area contributed by atoms with Gasteiger partial charge in [0.2, 0.25) is 5.88 Å². The highest BCUT2D eigenvalue weighted by molar-refractivity contribution is 5.94. The number of carbonyl (C=O) groups is 1. The zero-order chi connectivity index (χ0) is 23.5. The molecular weight excluding hydrogens is 436 g/mol. The Balaban J connectivity index is 1.13. The number of likely N-dealkylation sites (tertiary alicyclic amines) is 1. The lowest BCUT2D eigenvalue weighted by molar-refractivity contribution is -0.118. The topological polar surface area (TPSA) is 122 Å². The zero-order valence-corrected chi connectivity index (χ0v) is 19.0. The van der Waals surface area contributed by atoms with Gasteiger partial charge in [-0.1, -0.05) is 0 Å². The van der Waals surface area contributed by atoms with Crippen molar-refractivity contribution in [3.05, 3.63) is 47.8 Å². The predicted octanol–water partition coefficient (Wildman–Crippen LogP) is 0.989. The molecule has 3 N–H and O–H groups in total. The van der Waals surface area contributed by atoms with Gasteiger partial charge in [-0.25, -0.2) is 9.97 Å². The van der Waals surface area contributed by atoms with Gasteiger partial charge in [0, 0.05) is 50.9 Å². The second-order valence-corrected chi connectivity index (χ2v) is 8.65. The standard InChI is InChI=1S/C24H28N6O4/c1-33-22-5-3-18-23(29-22)15(6-8-26-18)7-9-30-12-16(19(31)13-30)10-25-11-17-2-4-20-24(27-17)28-21(32)14-34-20/h2-6,8,16,19,25,31H,7,9-14H2,1H3,(H,27,28,32)/t16-,19+/m1/s1.